The predicted molar refractivity (Wildman–Crippen MR) is 99.6 cm³/mol. The van der Waals surface area contributed by atoms with Crippen molar-refractivity contribution in [1.82, 2.24) is 4.90 Å². The molecule has 146 valence electrons. The lowest BCUT2D eigenvalue weighted by molar-refractivity contribution is -0.368. The van der Waals surface area contributed by atoms with Crippen LogP contribution in [0.2, 0.25) is 0 Å². The number of nitrogens with zero attached hydrogens (tertiary/aromatic N) is 2. The first-order chi connectivity index (χ1) is 13.0. The summed E-state index contributed by atoms with van der Waals surface area (Å²) >= 11 is 0. The molecule has 1 amide bonds. The van der Waals surface area contributed by atoms with E-state index in [0.717, 1.165) is 24.8 Å². The Hall–Kier alpha value is -2.10. The van der Waals surface area contributed by atoms with E-state index >= 15 is 0 Å². The molecule has 0 unspecified atom stereocenters. The average Bonchev–Trinajstić information content (AvgIpc) is 3.06. The highest BCUT2D eigenvalue weighted by Crippen LogP contribution is 2.46. The third-order valence-electron chi connectivity index (χ3n) is 5.32. The summed E-state index contributed by atoms with van der Waals surface area (Å²) < 4.78 is 12.5. The summed E-state index contributed by atoms with van der Waals surface area (Å²) in [4.78, 5) is 18.0. The van der Waals surface area contributed by atoms with Crippen LogP contribution in [0.1, 0.15) is 57.6 Å². The highest BCUT2D eigenvalue weighted by Gasteiger charge is 2.49. The molecule has 6 nitrogen and oxygen atoms in total. The number of hydrogen-bond acceptors (Lipinski definition) is 4. The van der Waals surface area contributed by atoms with Crippen molar-refractivity contribution >= 4 is 11.6 Å². The van der Waals surface area contributed by atoms with E-state index in [-0.39, 0.29) is 24.7 Å². The first-order valence-electron chi connectivity index (χ1n) is 9.67. The molecule has 1 fully saturated rings. The Bertz CT molecular complexity index is 725. The maximum absolute atomic E-state index is 12.5. The zero-order chi connectivity index (χ0) is 19.4. The molecule has 0 bridgehead atoms. The van der Waals surface area contributed by atoms with Crippen molar-refractivity contribution < 1.29 is 19.4 Å². The second-order valence-corrected chi connectivity index (χ2v) is 7.73. The van der Waals surface area contributed by atoms with Crippen molar-refractivity contribution in [2.45, 2.75) is 63.7 Å². The Morgan fingerprint density at radius 1 is 1.37 bits per heavy atom. The van der Waals surface area contributed by atoms with Crippen LogP contribution in [0.3, 0.4) is 0 Å². The van der Waals surface area contributed by atoms with Gasteiger partial charge in [-0.15, -0.1) is 6.61 Å². The van der Waals surface area contributed by atoms with Gasteiger partial charge < -0.3 is 19.5 Å². The number of amides is 1. The van der Waals surface area contributed by atoms with Gasteiger partial charge in [-0.2, -0.15) is 0 Å². The Kier molecular flexibility index (Phi) is 6.03. The molecule has 0 radical (unpaired) electrons. The van der Waals surface area contributed by atoms with E-state index in [2.05, 4.69) is 4.85 Å². The molecule has 6 heteroatoms. The quantitative estimate of drug-likeness (QED) is 0.546. The summed E-state index contributed by atoms with van der Waals surface area (Å²) in [5.41, 5.74) is 0.768. The minimum atomic E-state index is -0.612. The fourth-order valence-electron chi connectivity index (χ4n) is 3.99. The maximum Gasteiger partial charge on any atom is 0.223 e. The van der Waals surface area contributed by atoms with Gasteiger partial charge in [-0.25, -0.2) is 4.85 Å². The standard InChI is InChI=1S/C21H27N2O4/c1-21(2)20(26-13-6-4-5-12-24)19(23-11-7-8-18(23)25)16-14-15(22-3)9-10-17(16)27-21/h9-10,14,19-20H,4-8,11-13H2,1-2H3/q-1/t19-,20+/m1/s1. The summed E-state index contributed by atoms with van der Waals surface area (Å²) in [5.74, 6) is 0.833. The molecule has 0 saturated carbocycles. The molecule has 0 aromatic heterocycles. The second-order valence-electron chi connectivity index (χ2n) is 7.73. The first kappa shape index (κ1) is 19.7. The normalized spacial score (nSPS) is 23.6. The molecule has 1 aromatic rings. The lowest BCUT2D eigenvalue weighted by Gasteiger charge is -2.47. The number of rotatable bonds is 7. The van der Waals surface area contributed by atoms with Crippen molar-refractivity contribution in [3.8, 4) is 5.75 Å². The minimum absolute atomic E-state index is 0.0598. The Balaban J connectivity index is 1.92. The molecule has 2 heterocycles. The van der Waals surface area contributed by atoms with Gasteiger partial charge in [-0.1, -0.05) is 18.9 Å². The summed E-state index contributed by atoms with van der Waals surface area (Å²) in [6.07, 6.45) is 3.35. The smallest absolute Gasteiger partial charge is 0.223 e. The monoisotopic (exact) mass is 371 g/mol. The van der Waals surface area contributed by atoms with Gasteiger partial charge in [0, 0.05) is 25.1 Å². The number of carbonyl (C=O) groups excluding carboxylic acids is 1. The Morgan fingerprint density at radius 2 is 2.19 bits per heavy atom. The summed E-state index contributed by atoms with van der Waals surface area (Å²) in [7, 11) is 0. The van der Waals surface area contributed by atoms with E-state index in [1.165, 1.54) is 0 Å². The fourth-order valence-corrected chi connectivity index (χ4v) is 3.99. The Labute approximate surface area is 160 Å². The highest BCUT2D eigenvalue weighted by molar-refractivity contribution is 5.79. The number of ether oxygens (including phenoxy) is 2. The minimum Gasteiger partial charge on any atom is -0.854 e. The van der Waals surface area contributed by atoms with Crippen LogP contribution in [-0.4, -0.2) is 42.3 Å². The van der Waals surface area contributed by atoms with Gasteiger partial charge in [0.1, 0.15) is 17.5 Å². The molecule has 0 spiro atoms. The topological polar surface area (TPSA) is 66.2 Å². The summed E-state index contributed by atoms with van der Waals surface area (Å²) in [6.45, 7) is 12.4. The number of hydrogen-bond donors (Lipinski definition) is 0. The lowest BCUT2D eigenvalue weighted by atomic mass is 9.85. The molecule has 0 N–H and O–H groups in total. The van der Waals surface area contributed by atoms with Crippen molar-refractivity contribution in [3.63, 3.8) is 0 Å². The largest absolute Gasteiger partial charge is 0.854 e. The van der Waals surface area contributed by atoms with E-state index < -0.39 is 5.60 Å². The molecule has 0 aliphatic carbocycles. The van der Waals surface area contributed by atoms with Crippen molar-refractivity contribution in [1.29, 1.82) is 0 Å². The summed E-state index contributed by atoms with van der Waals surface area (Å²) in [6, 6.07) is 5.12. The van der Waals surface area contributed by atoms with Gasteiger partial charge >= 0.3 is 0 Å². The molecule has 27 heavy (non-hydrogen) atoms. The van der Waals surface area contributed by atoms with Gasteiger partial charge in [-0.3, -0.25) is 4.79 Å². The van der Waals surface area contributed by atoms with E-state index in [0.29, 0.717) is 37.4 Å². The number of likely N-dealkylation sites (tertiary alicyclic amines) is 1. The van der Waals surface area contributed by atoms with Crippen LogP contribution >= 0.6 is 0 Å². The van der Waals surface area contributed by atoms with Crippen LogP contribution in [0.5, 0.6) is 5.75 Å². The van der Waals surface area contributed by atoms with Gasteiger partial charge in [0.2, 0.25) is 5.91 Å². The van der Waals surface area contributed by atoms with Crippen LogP contribution in [0.25, 0.3) is 4.85 Å². The van der Waals surface area contributed by atoms with Crippen molar-refractivity contribution in [2.75, 3.05) is 19.8 Å². The first-order valence-corrected chi connectivity index (χ1v) is 9.67. The zero-order valence-electron chi connectivity index (χ0n) is 16.1. The fraction of sp³-hybridized carbons (Fsp3) is 0.619. The number of unbranched alkanes of at least 4 members (excludes halogenated alkanes) is 2. The van der Waals surface area contributed by atoms with E-state index in [1.54, 1.807) is 6.07 Å². The number of fused-ring (bicyclic) bond motifs is 1. The van der Waals surface area contributed by atoms with Crippen LogP contribution in [0.4, 0.5) is 5.69 Å². The van der Waals surface area contributed by atoms with Crippen LogP contribution < -0.4 is 9.84 Å². The molecule has 3 rings (SSSR count). The molecular weight excluding hydrogens is 344 g/mol. The average molecular weight is 371 g/mol. The van der Waals surface area contributed by atoms with Gasteiger partial charge in [0.15, 0.2) is 5.69 Å². The predicted octanol–water partition coefficient (Wildman–Crippen LogP) is 2.99. The second kappa shape index (κ2) is 8.28. The van der Waals surface area contributed by atoms with Gasteiger partial charge in [-0.05, 0) is 38.8 Å². The van der Waals surface area contributed by atoms with E-state index in [1.807, 2.05) is 30.9 Å². The van der Waals surface area contributed by atoms with Gasteiger partial charge in [0.25, 0.3) is 0 Å². The van der Waals surface area contributed by atoms with Crippen LogP contribution in [0, 0.1) is 6.57 Å². The molecule has 2 aliphatic heterocycles. The van der Waals surface area contributed by atoms with Crippen LogP contribution in [0.15, 0.2) is 18.2 Å². The third-order valence-corrected chi connectivity index (χ3v) is 5.32. The SMILES string of the molecule is [C-]#[N+]c1ccc2c(c1)[C@@H](N1CCCC1=O)[C@H](OCCCCC[O-])C(C)(C)O2. The van der Waals surface area contributed by atoms with Gasteiger partial charge in [0.05, 0.1) is 12.6 Å². The highest BCUT2D eigenvalue weighted by atomic mass is 16.6. The molecule has 1 aromatic carbocycles. The molecule has 2 atom stereocenters. The number of benzene rings is 1. The summed E-state index contributed by atoms with van der Waals surface area (Å²) in [5, 5.41) is 10.6. The number of carbonyl (C=O) groups is 1. The third kappa shape index (κ3) is 4.10. The van der Waals surface area contributed by atoms with E-state index in [9.17, 15) is 9.90 Å². The Morgan fingerprint density at radius 3 is 2.85 bits per heavy atom. The maximum atomic E-state index is 12.5. The molecule has 2 aliphatic rings. The molecule has 1 saturated heterocycles. The van der Waals surface area contributed by atoms with E-state index in [4.69, 9.17) is 16.0 Å². The van der Waals surface area contributed by atoms with Crippen molar-refractivity contribution in [3.05, 3.63) is 35.2 Å². The van der Waals surface area contributed by atoms with Crippen LogP contribution in [-0.2, 0) is 9.53 Å². The van der Waals surface area contributed by atoms with Crippen molar-refractivity contribution in [2.24, 2.45) is 0 Å². The lowest BCUT2D eigenvalue weighted by Crippen LogP contribution is -2.55. The molecular formula is C21H27N2O4-. The zero-order valence-corrected chi connectivity index (χ0v) is 16.1.